The number of likely N-dealkylation sites (tertiary alicyclic amines) is 1. The second-order valence-corrected chi connectivity index (χ2v) is 7.07. The first-order valence-electron chi connectivity index (χ1n) is 7.88. The van der Waals surface area contributed by atoms with Crippen LogP contribution in [0.1, 0.15) is 36.3 Å². The number of hydrogen-bond acceptors (Lipinski definition) is 5. The Labute approximate surface area is 162 Å². The number of carbonyl (C=O) groups is 1. The van der Waals surface area contributed by atoms with E-state index in [0.29, 0.717) is 18.7 Å². The molecule has 0 spiro atoms. The van der Waals surface area contributed by atoms with Gasteiger partial charge in [0.05, 0.1) is 5.39 Å². The van der Waals surface area contributed by atoms with Crippen molar-refractivity contribution in [3.05, 3.63) is 38.2 Å². The lowest BCUT2D eigenvalue weighted by molar-refractivity contribution is 0.0527. The summed E-state index contributed by atoms with van der Waals surface area (Å²) in [6.07, 6.45) is 0.724. The summed E-state index contributed by atoms with van der Waals surface area (Å²) in [5.41, 5.74) is 5.71. The Balaban J connectivity index is 0.00000169. The number of H-pyrrole nitrogens is 2. The van der Waals surface area contributed by atoms with Crippen molar-refractivity contribution >= 4 is 41.8 Å². The highest BCUT2D eigenvalue weighted by Gasteiger charge is 2.36. The molecule has 1 fully saturated rings. The van der Waals surface area contributed by atoms with Gasteiger partial charge >= 0.3 is 5.69 Å². The number of pyridine rings is 1. The lowest BCUT2D eigenvalue weighted by Gasteiger charge is -2.42. The van der Waals surface area contributed by atoms with Crippen LogP contribution in [0, 0.1) is 12.3 Å². The highest BCUT2D eigenvalue weighted by molar-refractivity contribution is 5.95. The molecule has 0 saturated carbocycles. The van der Waals surface area contributed by atoms with E-state index in [1.54, 1.807) is 17.9 Å². The monoisotopic (exact) mass is 403 g/mol. The van der Waals surface area contributed by atoms with Gasteiger partial charge in [0.2, 0.25) is 0 Å². The van der Waals surface area contributed by atoms with Crippen LogP contribution in [0.5, 0.6) is 0 Å². The van der Waals surface area contributed by atoms with Crippen LogP contribution in [0.2, 0.25) is 0 Å². The third-order valence-corrected chi connectivity index (χ3v) is 4.72. The van der Waals surface area contributed by atoms with Crippen molar-refractivity contribution in [1.29, 1.82) is 0 Å². The highest BCUT2D eigenvalue weighted by Crippen LogP contribution is 2.28. The Morgan fingerprint density at radius 3 is 2.58 bits per heavy atom. The third-order valence-electron chi connectivity index (χ3n) is 4.72. The SMILES string of the molecule is Cc1cc(C(=O)N2CCC(N)C(C)(C)C2)nc2[nH]c(=O)[nH]c(=O)c12.Cl.Cl. The largest absolute Gasteiger partial charge is 0.337 e. The molecule has 1 aliphatic heterocycles. The van der Waals surface area contributed by atoms with Crippen LogP contribution in [0.15, 0.2) is 15.7 Å². The van der Waals surface area contributed by atoms with Crippen molar-refractivity contribution in [1.82, 2.24) is 19.9 Å². The second kappa shape index (κ2) is 7.77. The number of nitrogens with two attached hydrogens (primary N) is 1. The average molecular weight is 404 g/mol. The average Bonchev–Trinajstić information content (AvgIpc) is 2.48. The summed E-state index contributed by atoms with van der Waals surface area (Å²) in [4.78, 5) is 46.7. The van der Waals surface area contributed by atoms with Crippen molar-refractivity contribution in [3.63, 3.8) is 0 Å². The van der Waals surface area contributed by atoms with Crippen molar-refractivity contribution in [2.75, 3.05) is 13.1 Å². The minimum Gasteiger partial charge on any atom is -0.337 e. The second-order valence-electron chi connectivity index (χ2n) is 7.07. The molecule has 1 unspecified atom stereocenters. The summed E-state index contributed by atoms with van der Waals surface area (Å²) in [6.45, 7) is 6.89. The number of aryl methyl sites for hydroxylation is 1. The van der Waals surface area contributed by atoms with E-state index in [1.807, 2.05) is 13.8 Å². The molecule has 8 nitrogen and oxygen atoms in total. The lowest BCUT2D eigenvalue weighted by Crippen LogP contribution is -2.54. The first kappa shape index (κ1) is 22.1. The number of nitrogens with zero attached hydrogens (tertiary/aromatic N) is 2. The molecule has 2 aromatic rings. The number of aromatic nitrogens is 3. The smallest absolute Gasteiger partial charge is 0.327 e. The van der Waals surface area contributed by atoms with Gasteiger partial charge < -0.3 is 10.6 Å². The summed E-state index contributed by atoms with van der Waals surface area (Å²) in [5.74, 6) is -0.221. The molecular formula is C16H23Cl2N5O3. The maximum atomic E-state index is 12.8. The van der Waals surface area contributed by atoms with Crippen molar-refractivity contribution in [2.45, 2.75) is 33.2 Å². The first-order chi connectivity index (χ1) is 11.2. The fourth-order valence-electron chi connectivity index (χ4n) is 3.17. The van der Waals surface area contributed by atoms with Crippen LogP contribution in [-0.2, 0) is 0 Å². The number of fused-ring (bicyclic) bond motifs is 1. The van der Waals surface area contributed by atoms with Crippen molar-refractivity contribution in [2.24, 2.45) is 11.1 Å². The summed E-state index contributed by atoms with van der Waals surface area (Å²) in [6, 6.07) is 1.63. The van der Waals surface area contributed by atoms with Crippen LogP contribution >= 0.6 is 24.8 Å². The van der Waals surface area contributed by atoms with E-state index >= 15 is 0 Å². The van der Waals surface area contributed by atoms with Gasteiger partial charge in [-0.1, -0.05) is 13.8 Å². The fraction of sp³-hybridized carbons (Fsp3) is 0.500. The molecule has 1 amide bonds. The molecule has 26 heavy (non-hydrogen) atoms. The van der Waals surface area contributed by atoms with Gasteiger partial charge in [0.15, 0.2) is 0 Å². The molecule has 4 N–H and O–H groups in total. The van der Waals surface area contributed by atoms with E-state index in [1.165, 1.54) is 0 Å². The van der Waals surface area contributed by atoms with Crippen LogP contribution < -0.4 is 17.0 Å². The first-order valence-corrected chi connectivity index (χ1v) is 7.88. The Bertz CT molecular complexity index is 938. The Morgan fingerprint density at radius 1 is 1.31 bits per heavy atom. The van der Waals surface area contributed by atoms with E-state index in [0.717, 1.165) is 6.42 Å². The van der Waals surface area contributed by atoms with Crippen LogP contribution in [0.25, 0.3) is 11.0 Å². The maximum Gasteiger partial charge on any atom is 0.327 e. The molecule has 2 aromatic heterocycles. The van der Waals surface area contributed by atoms with Crippen LogP contribution in [-0.4, -0.2) is 44.9 Å². The quantitative estimate of drug-likeness (QED) is 0.653. The molecule has 3 rings (SSSR count). The number of aromatic amines is 2. The minimum absolute atomic E-state index is 0. The minimum atomic E-state index is -0.644. The van der Waals surface area contributed by atoms with Gasteiger partial charge in [0.1, 0.15) is 11.3 Å². The summed E-state index contributed by atoms with van der Waals surface area (Å²) < 4.78 is 0. The van der Waals surface area contributed by atoms with Gasteiger partial charge in [0.25, 0.3) is 11.5 Å². The van der Waals surface area contributed by atoms with Crippen molar-refractivity contribution in [3.8, 4) is 0 Å². The molecule has 0 bridgehead atoms. The molecule has 0 aromatic carbocycles. The van der Waals surface area contributed by atoms with E-state index in [2.05, 4.69) is 15.0 Å². The molecule has 3 heterocycles. The highest BCUT2D eigenvalue weighted by atomic mass is 35.5. The van der Waals surface area contributed by atoms with Crippen LogP contribution in [0.3, 0.4) is 0 Å². The molecule has 1 saturated heterocycles. The number of halogens is 2. The van der Waals surface area contributed by atoms with E-state index in [-0.39, 0.29) is 58.9 Å². The molecule has 0 radical (unpaired) electrons. The topological polar surface area (TPSA) is 125 Å². The predicted octanol–water partition coefficient (Wildman–Crippen LogP) is 0.963. The molecule has 1 atom stereocenters. The van der Waals surface area contributed by atoms with Crippen LogP contribution in [0.4, 0.5) is 0 Å². The van der Waals surface area contributed by atoms with Gasteiger partial charge in [-0.25, -0.2) is 9.78 Å². The fourth-order valence-corrected chi connectivity index (χ4v) is 3.17. The maximum absolute atomic E-state index is 12.8. The molecule has 1 aliphatic rings. The van der Waals surface area contributed by atoms with E-state index in [4.69, 9.17) is 5.73 Å². The summed E-state index contributed by atoms with van der Waals surface area (Å²) in [5, 5.41) is 0.284. The summed E-state index contributed by atoms with van der Waals surface area (Å²) >= 11 is 0. The lowest BCUT2D eigenvalue weighted by atomic mass is 9.79. The molecule has 0 aliphatic carbocycles. The predicted molar refractivity (Wildman–Crippen MR) is 104 cm³/mol. The van der Waals surface area contributed by atoms with E-state index < -0.39 is 11.2 Å². The number of carbonyl (C=O) groups excluding carboxylic acids is 1. The van der Waals surface area contributed by atoms with Gasteiger partial charge in [-0.2, -0.15) is 0 Å². The number of hydrogen-bond donors (Lipinski definition) is 3. The zero-order chi connectivity index (χ0) is 17.6. The van der Waals surface area contributed by atoms with E-state index in [9.17, 15) is 14.4 Å². The van der Waals surface area contributed by atoms with Crippen molar-refractivity contribution < 1.29 is 4.79 Å². The summed E-state index contributed by atoms with van der Waals surface area (Å²) in [7, 11) is 0. The number of amides is 1. The Hall–Kier alpha value is -1.90. The molecule has 144 valence electrons. The Kier molecular flexibility index (Phi) is 6.62. The van der Waals surface area contributed by atoms with Gasteiger partial charge in [-0.05, 0) is 30.4 Å². The number of nitrogens with one attached hydrogen (secondary N) is 2. The zero-order valence-electron chi connectivity index (χ0n) is 14.8. The number of piperidine rings is 1. The standard InChI is InChI=1S/C16H21N5O3.2ClH/c1-8-6-9(18-12-11(8)13(22)20-15(24)19-12)14(23)21-5-4-10(17)16(2,3)7-21;;/h6,10H,4-5,7,17H2,1-3H3,(H2,18,19,20,22,24);2*1H. The van der Waals surface area contributed by atoms with Gasteiger partial charge in [0, 0.05) is 19.1 Å². The normalized spacial score (nSPS) is 18.8. The molecular weight excluding hydrogens is 381 g/mol. The molecule has 10 heteroatoms. The zero-order valence-corrected chi connectivity index (χ0v) is 16.4. The van der Waals surface area contributed by atoms with Gasteiger partial charge in [-0.3, -0.25) is 19.6 Å². The Morgan fingerprint density at radius 2 is 1.96 bits per heavy atom. The third kappa shape index (κ3) is 3.92. The van der Waals surface area contributed by atoms with Gasteiger partial charge in [-0.15, -0.1) is 24.8 Å². The number of rotatable bonds is 1.